The molecule has 1 heterocycles. The van der Waals surface area contributed by atoms with Gasteiger partial charge in [0.2, 0.25) is 0 Å². The number of benzene rings is 1. The lowest BCUT2D eigenvalue weighted by molar-refractivity contribution is 0.0601. The Kier molecular flexibility index (Phi) is 6.35. The van der Waals surface area contributed by atoms with Crippen molar-refractivity contribution in [3.63, 3.8) is 0 Å². The second-order valence-corrected chi connectivity index (χ2v) is 6.70. The van der Waals surface area contributed by atoms with E-state index in [0.29, 0.717) is 26.2 Å². The molecule has 0 fully saturated rings. The summed E-state index contributed by atoms with van der Waals surface area (Å²) in [6, 6.07) is 7.01. The molecule has 0 bridgehead atoms. The average molecular weight is 399 g/mol. The maximum atomic E-state index is 12.1. The predicted octanol–water partition coefficient (Wildman–Crippen LogP) is 4.09. The zero-order valence-electron chi connectivity index (χ0n) is 13.6. The van der Waals surface area contributed by atoms with E-state index in [2.05, 4.69) is 10.6 Å². The lowest BCUT2D eigenvalue weighted by atomic mass is 10.1. The number of esters is 2. The van der Waals surface area contributed by atoms with E-state index >= 15 is 0 Å². The Labute approximate surface area is 159 Å². The molecule has 25 heavy (non-hydrogen) atoms. The van der Waals surface area contributed by atoms with Gasteiger partial charge < -0.3 is 20.1 Å². The first-order chi connectivity index (χ1) is 11.9. The molecule has 0 aliphatic heterocycles. The molecule has 2 N–H and O–H groups in total. The van der Waals surface area contributed by atoms with Gasteiger partial charge in [0, 0.05) is 10.7 Å². The summed E-state index contributed by atoms with van der Waals surface area (Å²) in [4.78, 5) is 24.2. The van der Waals surface area contributed by atoms with E-state index in [9.17, 15) is 9.59 Å². The van der Waals surface area contributed by atoms with E-state index in [0.717, 1.165) is 11.3 Å². The Balaban J connectivity index is 2.29. The van der Waals surface area contributed by atoms with Gasteiger partial charge in [-0.1, -0.05) is 17.7 Å². The number of rotatable bonds is 4. The Bertz CT molecular complexity index is 836. The van der Waals surface area contributed by atoms with Crippen molar-refractivity contribution in [2.24, 2.45) is 0 Å². The highest BCUT2D eigenvalue weighted by atomic mass is 35.5. The molecule has 2 aromatic rings. The van der Waals surface area contributed by atoms with Gasteiger partial charge >= 0.3 is 11.9 Å². The van der Waals surface area contributed by atoms with Crippen LogP contribution in [0.4, 0.5) is 10.7 Å². The number of nitrogens with one attached hydrogen (secondary N) is 2. The summed E-state index contributed by atoms with van der Waals surface area (Å²) in [5, 5.41) is 7.07. The molecule has 0 amide bonds. The van der Waals surface area contributed by atoms with E-state index in [4.69, 9.17) is 33.3 Å². The molecular formula is C16H15ClN2O4S2. The molecule has 132 valence electrons. The zero-order valence-corrected chi connectivity index (χ0v) is 16.0. The number of anilines is 2. The molecule has 0 atom stereocenters. The van der Waals surface area contributed by atoms with Crippen molar-refractivity contribution >= 4 is 62.9 Å². The molecule has 0 unspecified atom stereocenters. The third kappa shape index (κ3) is 4.47. The molecule has 1 aromatic carbocycles. The van der Waals surface area contributed by atoms with Crippen LogP contribution in [0.5, 0.6) is 0 Å². The van der Waals surface area contributed by atoms with Gasteiger partial charge in [-0.2, -0.15) is 0 Å². The third-order valence-electron chi connectivity index (χ3n) is 3.22. The normalized spacial score (nSPS) is 10.1. The van der Waals surface area contributed by atoms with Gasteiger partial charge in [0.1, 0.15) is 9.88 Å². The molecule has 9 heteroatoms. The largest absolute Gasteiger partial charge is 0.465 e. The van der Waals surface area contributed by atoms with Crippen molar-refractivity contribution in [3.05, 3.63) is 45.3 Å². The minimum atomic E-state index is -0.572. The highest BCUT2D eigenvalue weighted by Crippen LogP contribution is 2.34. The molecule has 0 aliphatic rings. The van der Waals surface area contributed by atoms with Crippen molar-refractivity contribution in [1.82, 2.24) is 0 Å². The average Bonchev–Trinajstić information content (AvgIpc) is 2.89. The maximum Gasteiger partial charge on any atom is 0.348 e. The third-order valence-corrected chi connectivity index (χ3v) is 4.84. The number of thiophene rings is 1. The van der Waals surface area contributed by atoms with Gasteiger partial charge in [0.25, 0.3) is 0 Å². The first-order valence-electron chi connectivity index (χ1n) is 7.01. The predicted molar refractivity (Wildman–Crippen MR) is 103 cm³/mol. The van der Waals surface area contributed by atoms with E-state index < -0.39 is 11.9 Å². The van der Waals surface area contributed by atoms with Crippen LogP contribution in [0.2, 0.25) is 5.02 Å². The summed E-state index contributed by atoms with van der Waals surface area (Å²) in [7, 11) is 2.54. The highest BCUT2D eigenvalue weighted by molar-refractivity contribution is 7.80. The highest BCUT2D eigenvalue weighted by Gasteiger charge is 2.26. The summed E-state index contributed by atoms with van der Waals surface area (Å²) in [5.74, 6) is -1.11. The monoisotopic (exact) mass is 398 g/mol. The van der Waals surface area contributed by atoms with Crippen molar-refractivity contribution in [2.75, 3.05) is 24.9 Å². The lowest BCUT2D eigenvalue weighted by Gasteiger charge is -2.10. The number of thiocarbonyl (C=S) groups is 1. The maximum absolute atomic E-state index is 12.1. The molecule has 6 nitrogen and oxygen atoms in total. The van der Waals surface area contributed by atoms with Gasteiger partial charge in [-0.25, -0.2) is 9.59 Å². The van der Waals surface area contributed by atoms with E-state index in [1.807, 2.05) is 0 Å². The van der Waals surface area contributed by atoms with Gasteiger partial charge in [0.05, 0.1) is 19.8 Å². The molecule has 0 spiro atoms. The lowest BCUT2D eigenvalue weighted by Crippen LogP contribution is -2.20. The van der Waals surface area contributed by atoms with Crippen LogP contribution in [-0.2, 0) is 9.47 Å². The Hall–Kier alpha value is -2.16. The zero-order chi connectivity index (χ0) is 18.6. The summed E-state index contributed by atoms with van der Waals surface area (Å²) < 4.78 is 9.54. The molecule has 1 aromatic heterocycles. The fourth-order valence-electron chi connectivity index (χ4n) is 2.07. The summed E-state index contributed by atoms with van der Waals surface area (Å²) in [6.45, 7) is 1.65. The number of hydrogen-bond acceptors (Lipinski definition) is 6. The number of methoxy groups -OCH3 is 2. The Morgan fingerprint density at radius 3 is 2.44 bits per heavy atom. The molecule has 0 saturated carbocycles. The first kappa shape index (κ1) is 19.2. The summed E-state index contributed by atoms with van der Waals surface area (Å²) in [5.41, 5.74) is 1.39. The number of carbonyl (C=O) groups excluding carboxylic acids is 2. The first-order valence-corrected chi connectivity index (χ1v) is 8.61. The fraction of sp³-hybridized carbons (Fsp3) is 0.188. The number of halogens is 1. The van der Waals surface area contributed by atoms with Crippen molar-refractivity contribution in [3.8, 4) is 0 Å². The van der Waals surface area contributed by atoms with Crippen molar-refractivity contribution in [2.45, 2.75) is 6.92 Å². The number of hydrogen-bond donors (Lipinski definition) is 2. The summed E-state index contributed by atoms with van der Waals surface area (Å²) in [6.07, 6.45) is 0. The van der Waals surface area contributed by atoms with E-state index in [1.54, 1.807) is 31.2 Å². The molecule has 0 aliphatic carbocycles. The quantitative estimate of drug-likeness (QED) is 0.593. The van der Waals surface area contributed by atoms with Crippen LogP contribution in [0.3, 0.4) is 0 Å². The van der Waals surface area contributed by atoms with Gasteiger partial charge in [-0.3, -0.25) is 0 Å². The van der Waals surface area contributed by atoms with Crippen LogP contribution in [0.1, 0.15) is 25.6 Å². The molecule has 0 saturated heterocycles. The van der Waals surface area contributed by atoms with Crippen LogP contribution in [0.25, 0.3) is 0 Å². The second kappa shape index (κ2) is 8.28. The van der Waals surface area contributed by atoms with Gasteiger partial charge in [0.15, 0.2) is 5.11 Å². The molecule has 0 radical (unpaired) electrons. The van der Waals surface area contributed by atoms with E-state index in [-0.39, 0.29) is 10.7 Å². The van der Waals surface area contributed by atoms with Crippen LogP contribution >= 0.6 is 35.2 Å². The van der Waals surface area contributed by atoms with Crippen molar-refractivity contribution < 1.29 is 19.1 Å². The molecule has 2 rings (SSSR count). The van der Waals surface area contributed by atoms with E-state index in [1.165, 1.54) is 14.2 Å². The van der Waals surface area contributed by atoms with Crippen LogP contribution in [0, 0.1) is 6.92 Å². The number of ether oxygens (including phenoxy) is 2. The van der Waals surface area contributed by atoms with Crippen molar-refractivity contribution in [1.29, 1.82) is 0 Å². The Morgan fingerprint density at radius 1 is 1.16 bits per heavy atom. The molecular weight excluding hydrogens is 384 g/mol. The van der Waals surface area contributed by atoms with Crippen LogP contribution in [-0.4, -0.2) is 31.3 Å². The fourth-order valence-corrected chi connectivity index (χ4v) is 3.66. The van der Waals surface area contributed by atoms with Crippen LogP contribution in [0.15, 0.2) is 24.3 Å². The smallest absolute Gasteiger partial charge is 0.348 e. The van der Waals surface area contributed by atoms with Crippen LogP contribution < -0.4 is 10.6 Å². The second-order valence-electron chi connectivity index (χ2n) is 4.83. The van der Waals surface area contributed by atoms with Gasteiger partial charge in [-0.05, 0) is 42.9 Å². The minimum Gasteiger partial charge on any atom is -0.465 e. The SMILES string of the molecule is COC(=O)c1sc(NC(=S)Nc2cccc(Cl)c2)c(C(=O)OC)c1C. The van der Waals surface area contributed by atoms with Gasteiger partial charge in [-0.15, -0.1) is 11.3 Å². The Morgan fingerprint density at radius 2 is 1.84 bits per heavy atom. The minimum absolute atomic E-state index is 0.239. The topological polar surface area (TPSA) is 76.7 Å². The number of carbonyl (C=O) groups is 2. The standard InChI is InChI=1S/C16H15ClN2O4S2/c1-8-11(14(20)22-2)13(25-12(8)15(21)23-3)19-16(24)18-10-6-4-5-9(17)7-10/h4-7H,1-3H3,(H2,18,19,24). The summed E-state index contributed by atoms with van der Waals surface area (Å²) >= 11 is 12.3.